The van der Waals surface area contributed by atoms with Crippen LogP contribution in [-0.4, -0.2) is 34.5 Å². The Bertz CT molecular complexity index is 597. The van der Waals surface area contributed by atoms with Crippen LogP contribution in [-0.2, 0) is 15.1 Å². The van der Waals surface area contributed by atoms with Gasteiger partial charge in [-0.3, -0.25) is 14.5 Å². The first-order valence-electron chi connectivity index (χ1n) is 7.34. The van der Waals surface area contributed by atoms with Crippen LogP contribution in [0.2, 0.25) is 0 Å². The van der Waals surface area contributed by atoms with Gasteiger partial charge >= 0.3 is 12.0 Å². The van der Waals surface area contributed by atoms with E-state index in [0.717, 1.165) is 16.0 Å². The van der Waals surface area contributed by atoms with E-state index < -0.39 is 17.5 Å². The molecule has 118 valence electrons. The number of carboxylic acids is 1. The number of amides is 3. The molecule has 0 spiro atoms. The van der Waals surface area contributed by atoms with E-state index in [4.69, 9.17) is 5.11 Å². The molecular formula is C16H20N2O4. The molecule has 0 bridgehead atoms. The number of nitrogens with zero attached hydrogens (tertiary/aromatic N) is 1. The summed E-state index contributed by atoms with van der Waals surface area (Å²) in [5, 5.41) is 11.4. The number of hydrogen-bond acceptors (Lipinski definition) is 3. The summed E-state index contributed by atoms with van der Waals surface area (Å²) in [6, 6.07) is 7.03. The van der Waals surface area contributed by atoms with Gasteiger partial charge in [-0.15, -0.1) is 0 Å². The van der Waals surface area contributed by atoms with Gasteiger partial charge in [-0.05, 0) is 25.3 Å². The van der Waals surface area contributed by atoms with Crippen LogP contribution in [0.25, 0.3) is 0 Å². The van der Waals surface area contributed by atoms with E-state index in [0.29, 0.717) is 6.42 Å². The number of carbonyl (C=O) groups is 3. The number of imide groups is 1. The minimum atomic E-state index is -1.05. The maximum Gasteiger partial charge on any atom is 0.325 e. The molecule has 1 unspecified atom stereocenters. The zero-order valence-corrected chi connectivity index (χ0v) is 12.8. The van der Waals surface area contributed by atoms with Crippen LogP contribution in [0.5, 0.6) is 0 Å². The molecule has 6 nitrogen and oxygen atoms in total. The minimum Gasteiger partial charge on any atom is -0.481 e. The van der Waals surface area contributed by atoms with Crippen LogP contribution in [0.1, 0.15) is 37.3 Å². The van der Waals surface area contributed by atoms with Crippen LogP contribution in [0.4, 0.5) is 4.79 Å². The van der Waals surface area contributed by atoms with Gasteiger partial charge in [0.1, 0.15) is 5.54 Å². The van der Waals surface area contributed by atoms with Crippen molar-refractivity contribution < 1.29 is 19.5 Å². The first-order valence-corrected chi connectivity index (χ1v) is 7.34. The monoisotopic (exact) mass is 304 g/mol. The van der Waals surface area contributed by atoms with Gasteiger partial charge in [0.15, 0.2) is 0 Å². The van der Waals surface area contributed by atoms with Crippen LogP contribution in [0, 0.1) is 6.92 Å². The second-order valence-electron chi connectivity index (χ2n) is 5.51. The molecule has 0 aromatic heterocycles. The zero-order valence-electron chi connectivity index (χ0n) is 12.8. The molecule has 2 N–H and O–H groups in total. The molecule has 1 atom stereocenters. The van der Waals surface area contributed by atoms with Crippen LogP contribution in [0.3, 0.4) is 0 Å². The lowest BCUT2D eigenvalue weighted by Crippen LogP contribution is -2.43. The number of rotatable bonds is 6. The lowest BCUT2D eigenvalue weighted by molar-refractivity contribution is -0.138. The van der Waals surface area contributed by atoms with Crippen molar-refractivity contribution in [1.29, 1.82) is 0 Å². The van der Waals surface area contributed by atoms with Gasteiger partial charge in [0.25, 0.3) is 5.91 Å². The molecule has 0 radical (unpaired) electrons. The number of aryl methyl sites for hydroxylation is 1. The molecule has 0 saturated carbocycles. The number of aliphatic carboxylic acids is 1. The van der Waals surface area contributed by atoms with E-state index in [1.54, 1.807) is 0 Å². The van der Waals surface area contributed by atoms with Crippen molar-refractivity contribution in [3.63, 3.8) is 0 Å². The zero-order chi connectivity index (χ0) is 16.3. The summed E-state index contributed by atoms with van der Waals surface area (Å²) in [5.41, 5.74) is 0.776. The van der Waals surface area contributed by atoms with Crippen molar-refractivity contribution in [2.75, 3.05) is 6.54 Å². The van der Waals surface area contributed by atoms with Crippen molar-refractivity contribution in [2.45, 2.75) is 38.6 Å². The SMILES string of the molecule is CCC1(c2ccc(C)cc2)NC(=O)N(CCCC(=O)O)C1=O. The van der Waals surface area contributed by atoms with E-state index in [1.165, 1.54) is 0 Å². The molecule has 1 aliphatic rings. The van der Waals surface area contributed by atoms with Gasteiger partial charge in [0.2, 0.25) is 0 Å². The van der Waals surface area contributed by atoms with Crippen LogP contribution < -0.4 is 5.32 Å². The average Bonchev–Trinajstić information content (AvgIpc) is 2.72. The number of carboxylic acid groups (broad SMARTS) is 1. The molecule has 6 heteroatoms. The molecule has 1 aliphatic heterocycles. The van der Waals surface area contributed by atoms with Gasteiger partial charge in [0, 0.05) is 13.0 Å². The molecule has 1 saturated heterocycles. The highest BCUT2D eigenvalue weighted by Gasteiger charge is 2.50. The molecule has 1 aromatic carbocycles. The summed E-state index contributed by atoms with van der Waals surface area (Å²) in [6.07, 6.45) is 0.624. The van der Waals surface area contributed by atoms with Crippen molar-refractivity contribution >= 4 is 17.9 Å². The van der Waals surface area contributed by atoms with E-state index in [2.05, 4.69) is 5.32 Å². The van der Waals surface area contributed by atoms with Crippen molar-refractivity contribution in [2.24, 2.45) is 0 Å². The normalized spacial score (nSPS) is 21.1. The van der Waals surface area contributed by atoms with Crippen molar-refractivity contribution in [3.05, 3.63) is 35.4 Å². The predicted molar refractivity (Wildman–Crippen MR) is 80.3 cm³/mol. The lowest BCUT2D eigenvalue weighted by Gasteiger charge is -2.26. The molecule has 1 aromatic rings. The highest BCUT2D eigenvalue weighted by molar-refractivity contribution is 6.07. The van der Waals surface area contributed by atoms with Gasteiger partial charge < -0.3 is 10.4 Å². The third-order valence-electron chi connectivity index (χ3n) is 4.02. The third-order valence-corrected chi connectivity index (χ3v) is 4.02. The number of urea groups is 1. The average molecular weight is 304 g/mol. The summed E-state index contributed by atoms with van der Waals surface area (Å²) in [6.45, 7) is 3.92. The number of benzene rings is 1. The predicted octanol–water partition coefficient (Wildman–Crippen LogP) is 2.02. The van der Waals surface area contributed by atoms with E-state index in [-0.39, 0.29) is 25.3 Å². The number of nitrogens with one attached hydrogen (secondary N) is 1. The van der Waals surface area contributed by atoms with Crippen molar-refractivity contribution in [3.8, 4) is 0 Å². The van der Waals surface area contributed by atoms with Gasteiger partial charge in [-0.2, -0.15) is 0 Å². The molecule has 0 aliphatic carbocycles. The Kier molecular flexibility index (Phi) is 4.49. The third kappa shape index (κ3) is 2.81. The summed E-state index contributed by atoms with van der Waals surface area (Å²) in [7, 11) is 0. The topological polar surface area (TPSA) is 86.7 Å². The summed E-state index contributed by atoms with van der Waals surface area (Å²) >= 11 is 0. The summed E-state index contributed by atoms with van der Waals surface area (Å²) < 4.78 is 0. The quantitative estimate of drug-likeness (QED) is 0.787. The maximum absolute atomic E-state index is 12.7. The first kappa shape index (κ1) is 16.0. The molecular weight excluding hydrogens is 284 g/mol. The van der Waals surface area contributed by atoms with Crippen LogP contribution in [0.15, 0.2) is 24.3 Å². The molecule has 22 heavy (non-hydrogen) atoms. The Morgan fingerprint density at radius 2 is 1.91 bits per heavy atom. The van der Waals surface area contributed by atoms with E-state index >= 15 is 0 Å². The van der Waals surface area contributed by atoms with Gasteiger partial charge in [-0.25, -0.2) is 4.79 Å². The highest BCUT2D eigenvalue weighted by Crippen LogP contribution is 2.32. The minimum absolute atomic E-state index is 0.0687. The van der Waals surface area contributed by atoms with Gasteiger partial charge in [0.05, 0.1) is 0 Å². The standard InChI is InChI=1S/C16H20N2O4/c1-3-16(12-8-6-11(2)7-9-12)14(21)18(15(22)17-16)10-4-5-13(19)20/h6-9H,3-5,10H2,1-2H3,(H,17,22)(H,19,20). The molecule has 1 fully saturated rings. The Labute approximate surface area is 129 Å². The largest absolute Gasteiger partial charge is 0.481 e. The molecule has 1 heterocycles. The Morgan fingerprint density at radius 1 is 1.27 bits per heavy atom. The Hall–Kier alpha value is -2.37. The first-order chi connectivity index (χ1) is 10.4. The fourth-order valence-electron chi connectivity index (χ4n) is 2.70. The fourth-order valence-corrected chi connectivity index (χ4v) is 2.70. The second kappa shape index (κ2) is 6.17. The Balaban J connectivity index is 2.23. The van der Waals surface area contributed by atoms with Crippen LogP contribution >= 0.6 is 0 Å². The van der Waals surface area contributed by atoms with E-state index in [9.17, 15) is 14.4 Å². The fraction of sp³-hybridized carbons (Fsp3) is 0.438. The summed E-state index contributed by atoms with van der Waals surface area (Å²) in [5.74, 6) is -1.25. The Morgan fingerprint density at radius 3 is 2.45 bits per heavy atom. The number of carbonyl (C=O) groups excluding carboxylic acids is 2. The number of hydrogen-bond donors (Lipinski definition) is 2. The van der Waals surface area contributed by atoms with E-state index in [1.807, 2.05) is 38.1 Å². The molecule has 2 rings (SSSR count). The summed E-state index contributed by atoms with van der Waals surface area (Å²) in [4.78, 5) is 36.5. The smallest absolute Gasteiger partial charge is 0.325 e. The molecule has 3 amide bonds. The maximum atomic E-state index is 12.7. The second-order valence-corrected chi connectivity index (χ2v) is 5.51. The lowest BCUT2D eigenvalue weighted by atomic mass is 9.86. The highest BCUT2D eigenvalue weighted by atomic mass is 16.4. The van der Waals surface area contributed by atoms with Crippen molar-refractivity contribution in [1.82, 2.24) is 10.2 Å². The van der Waals surface area contributed by atoms with Gasteiger partial charge in [-0.1, -0.05) is 36.8 Å².